The molecule has 0 aliphatic heterocycles. The lowest BCUT2D eigenvalue weighted by molar-refractivity contribution is 0.107. The normalized spacial score (nSPS) is 22.5. The second-order valence-corrected chi connectivity index (χ2v) is 8.45. The van der Waals surface area contributed by atoms with Gasteiger partial charge in [-0.3, -0.25) is 0 Å². The van der Waals surface area contributed by atoms with E-state index in [1.807, 2.05) is 19.1 Å². The van der Waals surface area contributed by atoms with E-state index < -0.39 is 0 Å². The molecule has 0 N–H and O–H groups in total. The molecule has 1 aliphatic carbocycles. The maximum Gasteiger partial charge on any atom is 0.00324 e. The molecular formula is C23H34S. The van der Waals surface area contributed by atoms with Crippen LogP contribution in [0.5, 0.6) is 0 Å². The molecule has 0 spiro atoms. The summed E-state index contributed by atoms with van der Waals surface area (Å²) in [4.78, 5) is 1.08. The van der Waals surface area contributed by atoms with Crippen LogP contribution < -0.4 is 0 Å². The second-order valence-electron chi connectivity index (χ2n) is 7.96. The molecule has 0 nitrogen and oxygen atoms in total. The van der Waals surface area contributed by atoms with Crippen LogP contribution in [0.15, 0.2) is 70.7 Å². The summed E-state index contributed by atoms with van der Waals surface area (Å²) in [7, 11) is 0. The van der Waals surface area contributed by atoms with E-state index in [2.05, 4.69) is 91.1 Å². The van der Waals surface area contributed by atoms with Gasteiger partial charge in [0.15, 0.2) is 0 Å². The van der Waals surface area contributed by atoms with Crippen molar-refractivity contribution in [2.24, 2.45) is 16.7 Å². The lowest BCUT2D eigenvalue weighted by Gasteiger charge is -2.48. The fourth-order valence-corrected chi connectivity index (χ4v) is 3.59. The maximum atomic E-state index is 4.69. The SMILES string of the molecule is C=C(/C=C\C=C/C)C1=CC(S)=C(C)CC1C(C)(C=CC)C(C)(C)C. The molecule has 0 aromatic rings. The van der Waals surface area contributed by atoms with Crippen LogP contribution >= 0.6 is 12.6 Å². The van der Waals surface area contributed by atoms with Crippen LogP contribution in [0.4, 0.5) is 0 Å². The average Bonchev–Trinajstić information content (AvgIpc) is 2.48. The van der Waals surface area contributed by atoms with Gasteiger partial charge < -0.3 is 0 Å². The third kappa shape index (κ3) is 4.45. The number of hydrogen-bond donors (Lipinski definition) is 1. The third-order valence-electron chi connectivity index (χ3n) is 5.44. The van der Waals surface area contributed by atoms with Crippen LogP contribution in [0.1, 0.15) is 54.9 Å². The van der Waals surface area contributed by atoms with Gasteiger partial charge in [0.2, 0.25) is 0 Å². The lowest BCUT2D eigenvalue weighted by Crippen LogP contribution is -2.40. The first-order valence-corrected chi connectivity index (χ1v) is 9.26. The Balaban J connectivity index is 3.43. The zero-order chi connectivity index (χ0) is 18.5. The van der Waals surface area contributed by atoms with Gasteiger partial charge in [0, 0.05) is 4.91 Å². The smallest absolute Gasteiger partial charge is 0.00324 e. The molecule has 0 heterocycles. The van der Waals surface area contributed by atoms with Crippen LogP contribution in [-0.2, 0) is 0 Å². The van der Waals surface area contributed by atoms with Gasteiger partial charge in [0.25, 0.3) is 0 Å². The Kier molecular flexibility index (Phi) is 7.16. The van der Waals surface area contributed by atoms with Gasteiger partial charge in [0.1, 0.15) is 0 Å². The van der Waals surface area contributed by atoms with Gasteiger partial charge in [0.05, 0.1) is 0 Å². The Morgan fingerprint density at radius 1 is 1.17 bits per heavy atom. The molecule has 0 aromatic carbocycles. The van der Waals surface area contributed by atoms with Crippen molar-refractivity contribution in [2.75, 3.05) is 0 Å². The van der Waals surface area contributed by atoms with Gasteiger partial charge in [-0.05, 0) is 61.2 Å². The molecule has 2 atom stereocenters. The van der Waals surface area contributed by atoms with Crippen molar-refractivity contribution in [3.05, 3.63) is 70.7 Å². The summed E-state index contributed by atoms with van der Waals surface area (Å²) in [6, 6.07) is 0. The van der Waals surface area contributed by atoms with Gasteiger partial charge in [-0.15, -0.1) is 12.6 Å². The maximum absolute atomic E-state index is 4.69. The highest BCUT2D eigenvalue weighted by atomic mass is 32.1. The summed E-state index contributed by atoms with van der Waals surface area (Å²) in [5, 5.41) is 0. The average molecular weight is 343 g/mol. The monoisotopic (exact) mass is 342 g/mol. The molecule has 0 fully saturated rings. The summed E-state index contributed by atoms with van der Waals surface area (Å²) in [5.74, 6) is 0.396. The zero-order valence-electron chi connectivity index (χ0n) is 16.5. The highest BCUT2D eigenvalue weighted by molar-refractivity contribution is 7.84. The topological polar surface area (TPSA) is 0 Å². The van der Waals surface area contributed by atoms with Gasteiger partial charge >= 0.3 is 0 Å². The predicted molar refractivity (Wildman–Crippen MR) is 113 cm³/mol. The summed E-state index contributed by atoms with van der Waals surface area (Å²) in [5.41, 5.74) is 3.93. The highest BCUT2D eigenvalue weighted by Crippen LogP contribution is 2.53. The second kappa shape index (κ2) is 8.25. The van der Waals surface area contributed by atoms with Crippen LogP contribution in [0.2, 0.25) is 0 Å². The first kappa shape index (κ1) is 20.8. The molecule has 0 aromatic heterocycles. The van der Waals surface area contributed by atoms with Crippen molar-refractivity contribution in [3.8, 4) is 0 Å². The molecule has 0 bridgehead atoms. The summed E-state index contributed by atoms with van der Waals surface area (Å²) in [6.07, 6.45) is 16.1. The van der Waals surface area contributed by atoms with E-state index in [4.69, 9.17) is 0 Å². The van der Waals surface area contributed by atoms with E-state index in [0.717, 1.165) is 16.9 Å². The summed E-state index contributed by atoms with van der Waals surface area (Å²) < 4.78 is 0. The van der Waals surface area contributed by atoms with Crippen molar-refractivity contribution >= 4 is 12.6 Å². The molecule has 1 heteroatoms. The number of rotatable bonds is 5. The molecule has 0 amide bonds. The van der Waals surface area contributed by atoms with Crippen LogP contribution in [0, 0.1) is 16.7 Å². The molecule has 0 radical (unpaired) electrons. The Hall–Kier alpha value is -1.21. The van der Waals surface area contributed by atoms with Crippen LogP contribution in [0.25, 0.3) is 0 Å². The molecule has 2 unspecified atom stereocenters. The van der Waals surface area contributed by atoms with Crippen molar-refractivity contribution in [1.29, 1.82) is 0 Å². The fourth-order valence-electron chi connectivity index (χ4n) is 3.36. The van der Waals surface area contributed by atoms with Gasteiger partial charge in [-0.25, -0.2) is 0 Å². The number of hydrogen-bond acceptors (Lipinski definition) is 1. The highest BCUT2D eigenvalue weighted by Gasteiger charge is 2.44. The van der Waals surface area contributed by atoms with Gasteiger partial charge in [-0.1, -0.05) is 76.3 Å². The van der Waals surface area contributed by atoms with Crippen molar-refractivity contribution in [1.82, 2.24) is 0 Å². The summed E-state index contributed by atoms with van der Waals surface area (Å²) >= 11 is 4.69. The minimum absolute atomic E-state index is 0.0424. The first-order chi connectivity index (χ1) is 11.1. The Bertz CT molecular complexity index is 617. The Morgan fingerprint density at radius 3 is 2.29 bits per heavy atom. The number of allylic oxidation sites excluding steroid dienone is 10. The van der Waals surface area contributed by atoms with E-state index in [1.54, 1.807) is 0 Å². The van der Waals surface area contributed by atoms with Crippen molar-refractivity contribution in [3.63, 3.8) is 0 Å². The molecule has 1 aliphatic rings. The molecule has 132 valence electrons. The molecule has 24 heavy (non-hydrogen) atoms. The first-order valence-electron chi connectivity index (χ1n) is 8.81. The Labute approximate surface area is 155 Å². The van der Waals surface area contributed by atoms with E-state index in [0.29, 0.717) is 5.92 Å². The van der Waals surface area contributed by atoms with Crippen molar-refractivity contribution in [2.45, 2.75) is 54.9 Å². The van der Waals surface area contributed by atoms with E-state index in [-0.39, 0.29) is 10.8 Å². The summed E-state index contributed by atoms with van der Waals surface area (Å²) in [6.45, 7) is 20.1. The fraction of sp³-hybridized carbons (Fsp3) is 0.478. The third-order valence-corrected chi connectivity index (χ3v) is 5.95. The van der Waals surface area contributed by atoms with E-state index in [1.165, 1.54) is 11.1 Å². The van der Waals surface area contributed by atoms with Crippen molar-refractivity contribution < 1.29 is 0 Å². The molecular weight excluding hydrogens is 308 g/mol. The molecule has 1 rings (SSSR count). The van der Waals surface area contributed by atoms with Crippen LogP contribution in [-0.4, -0.2) is 0 Å². The molecule has 0 saturated heterocycles. The van der Waals surface area contributed by atoms with Gasteiger partial charge in [-0.2, -0.15) is 0 Å². The minimum atomic E-state index is 0.0424. The lowest BCUT2D eigenvalue weighted by atomic mass is 9.56. The quantitative estimate of drug-likeness (QED) is 0.299. The zero-order valence-corrected chi connectivity index (χ0v) is 17.4. The van der Waals surface area contributed by atoms with E-state index >= 15 is 0 Å². The van der Waals surface area contributed by atoms with E-state index in [9.17, 15) is 0 Å². The Morgan fingerprint density at radius 2 is 1.79 bits per heavy atom. The standard InChI is InChI=1S/C23H34S/c1-9-11-12-13-17(3)19-16-21(24)18(4)15-20(19)23(8,14-10-2)22(5,6)7/h9-14,16,20,24H,3,15H2,1-2,4-8H3/b11-9-,13-12-,14-10?. The number of thiol groups is 1. The predicted octanol–water partition coefficient (Wildman–Crippen LogP) is 7.45. The minimum Gasteiger partial charge on any atom is -0.143 e. The van der Waals surface area contributed by atoms with Crippen LogP contribution in [0.3, 0.4) is 0 Å². The largest absolute Gasteiger partial charge is 0.143 e. The molecule has 0 saturated carbocycles.